The highest BCUT2D eigenvalue weighted by Crippen LogP contribution is 2.27. The molecule has 0 aliphatic carbocycles. The van der Waals surface area contributed by atoms with Gasteiger partial charge in [0.05, 0.1) is 30.4 Å². The number of ether oxygens (including phenoxy) is 2. The van der Waals surface area contributed by atoms with Gasteiger partial charge in [-0.2, -0.15) is 0 Å². The van der Waals surface area contributed by atoms with Crippen LogP contribution in [0.1, 0.15) is 51.7 Å². The SMILES string of the molecule is CCOc1ccccc1C(=O)Nc1ccccc1CC(NC(=O)c1ccccc1OCC)c1ccccc1. The smallest absolute Gasteiger partial charge is 0.259 e. The topological polar surface area (TPSA) is 76.7 Å². The molecule has 0 spiro atoms. The molecule has 0 heterocycles. The number of hydrogen-bond donors (Lipinski definition) is 2. The number of hydrogen-bond acceptors (Lipinski definition) is 4. The first kappa shape index (κ1) is 26.5. The molecule has 0 saturated heterocycles. The van der Waals surface area contributed by atoms with Crippen LogP contribution in [0.3, 0.4) is 0 Å². The van der Waals surface area contributed by atoms with Crippen LogP contribution in [0, 0.1) is 0 Å². The van der Waals surface area contributed by atoms with Crippen LogP contribution in [0.25, 0.3) is 0 Å². The molecule has 4 rings (SSSR count). The molecule has 6 heteroatoms. The van der Waals surface area contributed by atoms with Gasteiger partial charge in [-0.25, -0.2) is 0 Å². The molecule has 0 saturated carbocycles. The standard InChI is InChI=1S/C32H32N2O4/c1-3-37-29-20-12-9-17-25(29)31(35)33-27-19-11-8-16-24(27)22-28(23-14-6-5-7-15-23)34-32(36)26-18-10-13-21-30(26)38-4-2/h5-21,28H,3-4,22H2,1-2H3,(H,33,35)(H,34,36). The quantitative estimate of drug-likeness (QED) is 0.244. The van der Waals surface area contributed by atoms with E-state index in [1.807, 2.05) is 92.7 Å². The highest BCUT2D eigenvalue weighted by Gasteiger charge is 2.21. The maximum atomic E-state index is 13.4. The van der Waals surface area contributed by atoms with E-state index in [0.29, 0.717) is 47.9 Å². The van der Waals surface area contributed by atoms with Crippen LogP contribution in [-0.4, -0.2) is 25.0 Å². The van der Waals surface area contributed by atoms with Crippen LogP contribution in [-0.2, 0) is 6.42 Å². The summed E-state index contributed by atoms with van der Waals surface area (Å²) < 4.78 is 11.3. The van der Waals surface area contributed by atoms with Crippen molar-refractivity contribution in [1.82, 2.24) is 5.32 Å². The highest BCUT2D eigenvalue weighted by atomic mass is 16.5. The number of nitrogens with one attached hydrogen (secondary N) is 2. The molecule has 2 N–H and O–H groups in total. The van der Waals surface area contributed by atoms with Gasteiger partial charge in [-0.15, -0.1) is 0 Å². The van der Waals surface area contributed by atoms with Crippen molar-refractivity contribution in [3.05, 3.63) is 125 Å². The fourth-order valence-corrected chi connectivity index (χ4v) is 4.27. The van der Waals surface area contributed by atoms with Gasteiger partial charge in [0.1, 0.15) is 11.5 Å². The van der Waals surface area contributed by atoms with Crippen molar-refractivity contribution < 1.29 is 19.1 Å². The molecule has 2 amide bonds. The maximum absolute atomic E-state index is 13.4. The molecule has 38 heavy (non-hydrogen) atoms. The summed E-state index contributed by atoms with van der Waals surface area (Å²) in [5.41, 5.74) is 3.46. The third-order valence-corrected chi connectivity index (χ3v) is 6.06. The summed E-state index contributed by atoms with van der Waals surface area (Å²) in [4.78, 5) is 26.6. The third kappa shape index (κ3) is 6.59. The van der Waals surface area contributed by atoms with Crippen LogP contribution in [0.2, 0.25) is 0 Å². The number of anilines is 1. The lowest BCUT2D eigenvalue weighted by Gasteiger charge is -2.22. The fraction of sp³-hybridized carbons (Fsp3) is 0.188. The molecule has 194 valence electrons. The van der Waals surface area contributed by atoms with Crippen LogP contribution in [0.4, 0.5) is 5.69 Å². The van der Waals surface area contributed by atoms with Crippen molar-refractivity contribution in [3.63, 3.8) is 0 Å². The first-order valence-corrected chi connectivity index (χ1v) is 12.8. The Morgan fingerprint density at radius 3 is 1.82 bits per heavy atom. The van der Waals surface area contributed by atoms with E-state index in [9.17, 15) is 9.59 Å². The largest absolute Gasteiger partial charge is 0.493 e. The number of rotatable bonds is 11. The van der Waals surface area contributed by atoms with E-state index >= 15 is 0 Å². The molecule has 0 bridgehead atoms. The Morgan fingerprint density at radius 2 is 1.18 bits per heavy atom. The monoisotopic (exact) mass is 508 g/mol. The van der Waals surface area contributed by atoms with Gasteiger partial charge in [-0.1, -0.05) is 72.8 Å². The Kier molecular flexibility index (Phi) is 9.13. The van der Waals surface area contributed by atoms with Crippen molar-refractivity contribution in [3.8, 4) is 11.5 Å². The molecule has 0 fully saturated rings. The third-order valence-electron chi connectivity index (χ3n) is 6.06. The van der Waals surface area contributed by atoms with Gasteiger partial charge in [-0.3, -0.25) is 9.59 Å². The molecular weight excluding hydrogens is 476 g/mol. The normalized spacial score (nSPS) is 11.3. The minimum atomic E-state index is -0.341. The molecule has 0 radical (unpaired) electrons. The minimum Gasteiger partial charge on any atom is -0.493 e. The molecule has 6 nitrogen and oxygen atoms in total. The van der Waals surface area contributed by atoms with E-state index in [4.69, 9.17) is 9.47 Å². The van der Waals surface area contributed by atoms with E-state index in [1.54, 1.807) is 24.3 Å². The Bertz CT molecular complexity index is 1370. The first-order chi connectivity index (χ1) is 18.6. The summed E-state index contributed by atoms with van der Waals surface area (Å²) >= 11 is 0. The molecule has 4 aromatic rings. The maximum Gasteiger partial charge on any atom is 0.259 e. The van der Waals surface area contributed by atoms with Crippen molar-refractivity contribution >= 4 is 17.5 Å². The molecule has 0 aliphatic rings. The zero-order chi connectivity index (χ0) is 26.7. The van der Waals surface area contributed by atoms with Crippen LogP contribution >= 0.6 is 0 Å². The van der Waals surface area contributed by atoms with E-state index < -0.39 is 0 Å². The molecular formula is C32H32N2O4. The lowest BCUT2D eigenvalue weighted by Crippen LogP contribution is -2.30. The van der Waals surface area contributed by atoms with Gasteiger partial charge in [0, 0.05) is 5.69 Å². The van der Waals surface area contributed by atoms with Gasteiger partial charge in [0.2, 0.25) is 0 Å². The minimum absolute atomic E-state index is 0.227. The number of carbonyl (C=O) groups is 2. The van der Waals surface area contributed by atoms with Crippen molar-refractivity contribution in [2.45, 2.75) is 26.3 Å². The molecule has 0 aliphatic heterocycles. The van der Waals surface area contributed by atoms with E-state index in [2.05, 4.69) is 10.6 Å². The van der Waals surface area contributed by atoms with Gasteiger partial charge >= 0.3 is 0 Å². The second-order valence-electron chi connectivity index (χ2n) is 8.61. The van der Waals surface area contributed by atoms with Gasteiger partial charge in [0.15, 0.2) is 0 Å². The Labute approximate surface area is 223 Å². The van der Waals surface area contributed by atoms with Gasteiger partial charge in [0.25, 0.3) is 11.8 Å². The summed E-state index contributed by atoms with van der Waals surface area (Å²) in [5, 5.41) is 6.23. The van der Waals surface area contributed by atoms with Crippen LogP contribution in [0.15, 0.2) is 103 Å². The molecule has 1 atom stereocenters. The highest BCUT2D eigenvalue weighted by molar-refractivity contribution is 6.06. The lowest BCUT2D eigenvalue weighted by atomic mass is 9.97. The number of amides is 2. The van der Waals surface area contributed by atoms with Crippen molar-refractivity contribution in [1.29, 1.82) is 0 Å². The average molecular weight is 509 g/mol. The van der Waals surface area contributed by atoms with Crippen molar-refractivity contribution in [2.75, 3.05) is 18.5 Å². The predicted octanol–water partition coefficient (Wildman–Crippen LogP) is 6.45. The fourth-order valence-electron chi connectivity index (χ4n) is 4.27. The van der Waals surface area contributed by atoms with E-state index in [0.717, 1.165) is 11.1 Å². The summed E-state index contributed by atoms with van der Waals surface area (Å²) in [5.74, 6) is 0.592. The Balaban J connectivity index is 1.60. The number of benzene rings is 4. The Hall–Kier alpha value is -4.58. The van der Waals surface area contributed by atoms with Crippen LogP contribution in [0.5, 0.6) is 11.5 Å². The van der Waals surface area contributed by atoms with E-state index in [1.165, 1.54) is 0 Å². The molecule has 4 aromatic carbocycles. The summed E-state index contributed by atoms with van der Waals surface area (Å²) in [7, 11) is 0. The predicted molar refractivity (Wildman–Crippen MR) is 150 cm³/mol. The average Bonchev–Trinajstić information content (AvgIpc) is 2.95. The molecule has 1 unspecified atom stereocenters. The Morgan fingerprint density at radius 1 is 0.658 bits per heavy atom. The van der Waals surface area contributed by atoms with Crippen molar-refractivity contribution in [2.24, 2.45) is 0 Å². The first-order valence-electron chi connectivity index (χ1n) is 12.8. The second-order valence-corrected chi connectivity index (χ2v) is 8.61. The van der Waals surface area contributed by atoms with Crippen LogP contribution < -0.4 is 20.1 Å². The number of carbonyl (C=O) groups excluding carboxylic acids is 2. The van der Waals surface area contributed by atoms with E-state index in [-0.39, 0.29) is 17.9 Å². The summed E-state index contributed by atoms with van der Waals surface area (Å²) in [6.07, 6.45) is 0.468. The van der Waals surface area contributed by atoms with Gasteiger partial charge in [-0.05, 0) is 61.7 Å². The summed E-state index contributed by atoms with van der Waals surface area (Å²) in [6, 6.07) is 31.5. The summed E-state index contributed by atoms with van der Waals surface area (Å²) in [6.45, 7) is 4.70. The van der Waals surface area contributed by atoms with Gasteiger partial charge < -0.3 is 20.1 Å². The number of para-hydroxylation sites is 3. The second kappa shape index (κ2) is 13.1. The molecule has 0 aromatic heterocycles. The zero-order valence-electron chi connectivity index (χ0n) is 21.6. The zero-order valence-corrected chi connectivity index (χ0v) is 21.6. The lowest BCUT2D eigenvalue weighted by molar-refractivity contribution is 0.0931.